The average molecular weight is 543 g/mol. The van der Waals surface area contributed by atoms with Crippen molar-refractivity contribution in [2.45, 2.75) is 12.8 Å². The quantitative estimate of drug-likeness (QED) is 0.290. The number of hydrogen-bond acceptors (Lipinski definition) is 3. The van der Waals surface area contributed by atoms with Gasteiger partial charge in [-0.1, -0.05) is 39.1 Å². The van der Waals surface area contributed by atoms with Gasteiger partial charge in [-0.25, -0.2) is 0 Å². The van der Waals surface area contributed by atoms with Crippen molar-refractivity contribution >= 4 is 55.1 Å². The molecule has 0 aliphatic heterocycles. The van der Waals surface area contributed by atoms with E-state index in [-0.39, 0.29) is 6.61 Å². The maximum atomic E-state index is 12.6. The van der Waals surface area contributed by atoms with E-state index < -0.39 is 4.74 Å². The normalized spacial score (nSPS) is 11.4. The van der Waals surface area contributed by atoms with E-state index in [1.807, 2.05) is 24.3 Å². The van der Waals surface area contributed by atoms with Gasteiger partial charge in [0.25, 0.3) is 0 Å². The van der Waals surface area contributed by atoms with Gasteiger partial charge in [-0.05, 0) is 59.1 Å². The topological polar surface area (TPSA) is 27.7 Å². The number of ether oxygens (including phenoxy) is 3. The summed E-state index contributed by atoms with van der Waals surface area (Å²) in [4.78, 5) is 0. The summed E-state index contributed by atoms with van der Waals surface area (Å²) in [7, 11) is 0. The van der Waals surface area contributed by atoms with Gasteiger partial charge in [0.05, 0.1) is 23.3 Å². The minimum absolute atomic E-state index is 0.0578. The first-order valence-corrected chi connectivity index (χ1v) is 10.4. The van der Waals surface area contributed by atoms with Crippen LogP contribution in [0.1, 0.15) is 12.8 Å². The summed E-state index contributed by atoms with van der Waals surface area (Å²) in [6, 6.07) is 10.8. The predicted octanol–water partition coefficient (Wildman–Crippen LogP) is 7.58. The van der Waals surface area contributed by atoms with Crippen LogP contribution in [0.4, 0.5) is 4.39 Å². The molecule has 0 fully saturated rings. The van der Waals surface area contributed by atoms with E-state index in [0.29, 0.717) is 34.8 Å². The molecule has 0 aliphatic rings. The molecule has 146 valence electrons. The van der Waals surface area contributed by atoms with Gasteiger partial charge in [0, 0.05) is 16.6 Å². The van der Waals surface area contributed by atoms with E-state index in [4.69, 9.17) is 37.4 Å². The fourth-order valence-electron chi connectivity index (χ4n) is 2.06. The van der Waals surface area contributed by atoms with Crippen LogP contribution in [0.15, 0.2) is 51.7 Å². The molecule has 0 saturated carbocycles. The maximum absolute atomic E-state index is 12.6. The molecule has 0 saturated heterocycles. The molecule has 8 heteroatoms. The summed E-state index contributed by atoms with van der Waals surface area (Å²) in [5.41, 5.74) is 0. The Bertz CT molecular complexity index is 743. The van der Waals surface area contributed by atoms with Gasteiger partial charge in [-0.2, -0.15) is 4.39 Å². The van der Waals surface area contributed by atoms with Crippen molar-refractivity contribution in [2.24, 2.45) is 0 Å². The highest BCUT2D eigenvalue weighted by atomic mass is 79.9. The average Bonchev–Trinajstić information content (AvgIpc) is 2.61. The van der Waals surface area contributed by atoms with Gasteiger partial charge >= 0.3 is 0 Å². The molecule has 3 nitrogen and oxygen atoms in total. The number of rotatable bonds is 10. The Labute approximate surface area is 184 Å². The molecule has 0 amide bonds. The van der Waals surface area contributed by atoms with Crippen molar-refractivity contribution < 1.29 is 18.6 Å². The second-order valence-corrected chi connectivity index (χ2v) is 7.87. The van der Waals surface area contributed by atoms with Crippen molar-refractivity contribution in [3.05, 3.63) is 61.7 Å². The molecule has 0 spiro atoms. The molecular formula is C19H17Br2Cl2FO3. The summed E-state index contributed by atoms with van der Waals surface area (Å²) in [6.07, 6.45) is 2.86. The number of unbranched alkanes of at least 4 members (excludes halogenated alkanes) is 1. The van der Waals surface area contributed by atoms with Crippen LogP contribution in [0.3, 0.4) is 0 Å². The Balaban J connectivity index is 1.73. The predicted molar refractivity (Wildman–Crippen MR) is 114 cm³/mol. The number of halogens is 5. The van der Waals surface area contributed by atoms with Crippen molar-refractivity contribution in [3.8, 4) is 17.2 Å². The molecule has 0 bridgehead atoms. The number of benzene rings is 2. The zero-order valence-electron chi connectivity index (χ0n) is 14.2. The lowest BCUT2D eigenvalue weighted by Gasteiger charge is -2.12. The molecule has 0 aromatic heterocycles. The fourth-order valence-corrected chi connectivity index (χ4v) is 3.03. The largest absolute Gasteiger partial charge is 0.494 e. The van der Waals surface area contributed by atoms with Crippen molar-refractivity contribution in [1.29, 1.82) is 0 Å². The van der Waals surface area contributed by atoms with Gasteiger partial charge < -0.3 is 14.2 Å². The minimum atomic E-state index is -0.497. The van der Waals surface area contributed by atoms with Crippen molar-refractivity contribution in [1.82, 2.24) is 0 Å². The first-order chi connectivity index (χ1) is 13.0. The molecule has 2 aromatic rings. The lowest BCUT2D eigenvalue weighted by Crippen LogP contribution is -2.03. The molecular weight excluding hydrogens is 526 g/mol. The second-order valence-electron chi connectivity index (χ2n) is 5.38. The highest BCUT2D eigenvalue weighted by Gasteiger charge is 2.10. The maximum Gasteiger partial charge on any atom is 0.165 e. The molecule has 0 unspecified atom stereocenters. The van der Waals surface area contributed by atoms with Crippen LogP contribution in [0, 0.1) is 0 Å². The van der Waals surface area contributed by atoms with Gasteiger partial charge in [0.2, 0.25) is 0 Å². The molecule has 0 N–H and O–H groups in total. The third-order valence-electron chi connectivity index (χ3n) is 3.33. The Hall–Kier alpha value is -0.950. The Kier molecular flexibility index (Phi) is 9.76. The first-order valence-electron chi connectivity index (χ1n) is 8.10. The molecule has 0 aliphatic carbocycles. The van der Waals surface area contributed by atoms with Crippen LogP contribution in [-0.2, 0) is 0 Å². The van der Waals surface area contributed by atoms with E-state index in [9.17, 15) is 4.39 Å². The van der Waals surface area contributed by atoms with Gasteiger partial charge in [-0.15, -0.1) is 0 Å². The third kappa shape index (κ3) is 8.30. The van der Waals surface area contributed by atoms with Crippen molar-refractivity contribution in [3.63, 3.8) is 0 Å². The zero-order chi connectivity index (χ0) is 19.6. The molecule has 0 radical (unpaired) electrons. The van der Waals surface area contributed by atoms with Gasteiger partial charge in [-0.3, -0.25) is 0 Å². The van der Waals surface area contributed by atoms with E-state index in [2.05, 4.69) is 31.9 Å². The fraction of sp³-hybridized carbons (Fsp3) is 0.263. The number of hydrogen-bond donors (Lipinski definition) is 0. The van der Waals surface area contributed by atoms with Crippen LogP contribution >= 0.6 is 55.1 Å². The SMILES string of the molecule is FC(Br)=CCOc1cc(Cl)c(OCCCCOc2ccc(Br)cc2)c(Cl)c1. The molecule has 2 aromatic carbocycles. The van der Waals surface area contributed by atoms with Crippen molar-refractivity contribution in [2.75, 3.05) is 19.8 Å². The highest BCUT2D eigenvalue weighted by Crippen LogP contribution is 2.37. The van der Waals surface area contributed by atoms with Crippen LogP contribution in [-0.4, -0.2) is 19.8 Å². The lowest BCUT2D eigenvalue weighted by molar-refractivity contribution is 0.266. The van der Waals surface area contributed by atoms with Gasteiger partial charge in [0.15, 0.2) is 10.5 Å². The van der Waals surface area contributed by atoms with E-state index in [1.54, 1.807) is 12.1 Å². The smallest absolute Gasteiger partial charge is 0.165 e. The van der Waals surface area contributed by atoms with Gasteiger partial charge in [0.1, 0.15) is 18.1 Å². The molecule has 0 heterocycles. The van der Waals surface area contributed by atoms with E-state index in [0.717, 1.165) is 23.1 Å². The minimum Gasteiger partial charge on any atom is -0.494 e. The lowest BCUT2D eigenvalue weighted by atomic mass is 10.3. The summed E-state index contributed by atoms with van der Waals surface area (Å²) in [6.45, 7) is 1.11. The third-order valence-corrected chi connectivity index (χ3v) is 4.74. The summed E-state index contributed by atoms with van der Waals surface area (Å²) in [5.74, 6) is 1.67. The summed E-state index contributed by atoms with van der Waals surface area (Å²) < 4.78 is 29.8. The zero-order valence-corrected chi connectivity index (χ0v) is 18.9. The monoisotopic (exact) mass is 540 g/mol. The summed E-state index contributed by atoms with van der Waals surface area (Å²) in [5, 5.41) is 0.679. The van der Waals surface area contributed by atoms with Crippen LogP contribution in [0.25, 0.3) is 0 Å². The van der Waals surface area contributed by atoms with E-state index in [1.165, 1.54) is 6.08 Å². The Morgan fingerprint density at radius 1 is 0.926 bits per heavy atom. The van der Waals surface area contributed by atoms with Crippen LogP contribution in [0.2, 0.25) is 10.0 Å². The second kappa shape index (κ2) is 11.8. The molecule has 2 rings (SSSR count). The Morgan fingerprint density at radius 2 is 1.52 bits per heavy atom. The highest BCUT2D eigenvalue weighted by molar-refractivity contribution is 9.11. The standard InChI is InChI=1S/C19H17Br2Cl2FO3/c20-13-3-5-14(6-4-13)25-8-1-2-9-27-19-16(22)11-15(12-17(19)23)26-10-7-18(21)24/h3-7,11-12H,1-2,8-10H2. The van der Waals surface area contributed by atoms with E-state index >= 15 is 0 Å². The van der Waals surface area contributed by atoms with Crippen LogP contribution < -0.4 is 14.2 Å². The summed E-state index contributed by atoms with van der Waals surface area (Å²) >= 11 is 18.4. The molecule has 27 heavy (non-hydrogen) atoms. The first kappa shape index (κ1) is 22.3. The Morgan fingerprint density at radius 3 is 2.11 bits per heavy atom. The molecule has 0 atom stereocenters. The van der Waals surface area contributed by atoms with Crippen LogP contribution in [0.5, 0.6) is 17.2 Å².